The number of rotatable bonds is 6. The Labute approximate surface area is 193 Å². The van der Waals surface area contributed by atoms with Gasteiger partial charge in [-0.1, -0.05) is 17.8 Å². The molecule has 3 aromatic heterocycles. The third kappa shape index (κ3) is 3.49. The predicted octanol–water partition coefficient (Wildman–Crippen LogP) is 5.78. The first-order chi connectivity index (χ1) is 15.5. The normalized spacial score (nSPS) is 16.6. The second kappa shape index (κ2) is 7.54. The summed E-state index contributed by atoms with van der Waals surface area (Å²) in [7, 11) is 0. The number of aryl methyl sites for hydroxylation is 1. The summed E-state index contributed by atoms with van der Waals surface area (Å²) in [4.78, 5) is 23.1. The maximum absolute atomic E-state index is 12.2. The van der Waals surface area contributed by atoms with Gasteiger partial charge in [0.2, 0.25) is 0 Å². The van der Waals surface area contributed by atoms with Crippen LogP contribution in [-0.2, 0) is 5.60 Å². The molecule has 0 radical (unpaired) electrons. The average molecular weight is 463 g/mol. The SMILES string of the molecule is Cc1nc(Sc2ccc3c(-c4cccnc4)cc(=O)oc3c2)sc1C(O)(C1CC1)C1CC1. The Bertz CT molecular complexity index is 1360. The molecule has 0 spiro atoms. The second-order valence-electron chi connectivity index (χ2n) is 8.75. The van der Waals surface area contributed by atoms with Crippen molar-refractivity contribution >= 4 is 34.1 Å². The van der Waals surface area contributed by atoms with Gasteiger partial charge in [0, 0.05) is 39.9 Å². The summed E-state index contributed by atoms with van der Waals surface area (Å²) >= 11 is 3.15. The molecule has 0 amide bonds. The quantitative estimate of drug-likeness (QED) is 0.366. The van der Waals surface area contributed by atoms with Crippen molar-refractivity contribution < 1.29 is 9.52 Å². The maximum Gasteiger partial charge on any atom is 0.336 e. The number of thiazole rings is 1. The first kappa shape index (κ1) is 20.1. The lowest BCUT2D eigenvalue weighted by molar-refractivity contribution is -0.00736. The van der Waals surface area contributed by atoms with Gasteiger partial charge in [0.15, 0.2) is 4.34 Å². The Kier molecular flexibility index (Phi) is 4.75. The molecule has 0 atom stereocenters. The number of nitrogens with zero attached hydrogens (tertiary/aromatic N) is 2. The largest absolute Gasteiger partial charge is 0.423 e. The second-order valence-corrected chi connectivity index (χ2v) is 11.1. The Morgan fingerprint density at radius 1 is 1.16 bits per heavy atom. The van der Waals surface area contributed by atoms with E-state index >= 15 is 0 Å². The van der Waals surface area contributed by atoms with Gasteiger partial charge in [-0.3, -0.25) is 4.98 Å². The van der Waals surface area contributed by atoms with Crippen LogP contribution >= 0.6 is 23.1 Å². The molecule has 3 heterocycles. The topological polar surface area (TPSA) is 76.2 Å². The lowest BCUT2D eigenvalue weighted by atomic mass is 9.89. The van der Waals surface area contributed by atoms with Gasteiger partial charge in [0.25, 0.3) is 0 Å². The standard InChI is InChI=1S/C25H22N2O3S2/c1-14-23(25(29,16-4-5-16)17-6-7-17)32-24(27-14)31-18-8-9-19-20(15-3-2-10-26-13-15)12-22(28)30-21(19)11-18/h2-3,8-13,16-17,29H,4-7H2,1H3. The van der Waals surface area contributed by atoms with Crippen LogP contribution in [-0.4, -0.2) is 15.1 Å². The van der Waals surface area contributed by atoms with Gasteiger partial charge in [0.05, 0.1) is 10.6 Å². The molecule has 5 nitrogen and oxygen atoms in total. The third-order valence-corrected chi connectivity index (χ3v) is 8.78. The molecular weight excluding hydrogens is 440 g/mol. The minimum atomic E-state index is -0.699. The number of pyridine rings is 1. The van der Waals surface area contributed by atoms with E-state index in [1.165, 1.54) is 6.07 Å². The Morgan fingerprint density at radius 3 is 2.62 bits per heavy atom. The molecule has 2 aliphatic carbocycles. The summed E-state index contributed by atoms with van der Waals surface area (Å²) in [6.07, 6.45) is 7.89. The maximum atomic E-state index is 12.2. The van der Waals surface area contributed by atoms with Crippen LogP contribution in [0.2, 0.25) is 0 Å². The van der Waals surface area contributed by atoms with Crippen LogP contribution in [0.1, 0.15) is 36.3 Å². The first-order valence-corrected chi connectivity index (χ1v) is 12.5. The van der Waals surface area contributed by atoms with Crippen LogP contribution in [0.25, 0.3) is 22.1 Å². The zero-order chi connectivity index (χ0) is 21.9. The zero-order valence-electron chi connectivity index (χ0n) is 17.6. The molecule has 0 aliphatic heterocycles. The Balaban J connectivity index is 1.35. The molecule has 1 aromatic carbocycles. The third-order valence-electron chi connectivity index (χ3n) is 6.43. The van der Waals surface area contributed by atoms with Crippen LogP contribution < -0.4 is 5.63 Å². The molecule has 2 fully saturated rings. The first-order valence-electron chi connectivity index (χ1n) is 10.9. The van der Waals surface area contributed by atoms with E-state index in [0.29, 0.717) is 17.4 Å². The molecular formula is C25H22N2O3S2. The van der Waals surface area contributed by atoms with E-state index in [9.17, 15) is 9.90 Å². The number of aromatic nitrogens is 2. The van der Waals surface area contributed by atoms with Crippen LogP contribution in [0.4, 0.5) is 0 Å². The van der Waals surface area contributed by atoms with E-state index in [0.717, 1.165) is 62.0 Å². The fraction of sp³-hybridized carbons (Fsp3) is 0.320. The summed E-state index contributed by atoms with van der Waals surface area (Å²) in [5.74, 6) is 0.765. The fourth-order valence-electron chi connectivity index (χ4n) is 4.61. The minimum absolute atomic E-state index is 0.382. The molecule has 2 saturated carbocycles. The zero-order valence-corrected chi connectivity index (χ0v) is 19.2. The summed E-state index contributed by atoms with van der Waals surface area (Å²) in [6, 6.07) is 11.2. The highest BCUT2D eigenvalue weighted by molar-refractivity contribution is 8.01. The molecule has 162 valence electrons. The van der Waals surface area contributed by atoms with E-state index in [2.05, 4.69) is 4.98 Å². The predicted molar refractivity (Wildman–Crippen MR) is 126 cm³/mol. The Hall–Kier alpha value is -2.48. The summed E-state index contributed by atoms with van der Waals surface area (Å²) in [6.45, 7) is 2.01. The molecule has 1 N–H and O–H groups in total. The van der Waals surface area contributed by atoms with Crippen LogP contribution in [0.5, 0.6) is 0 Å². The average Bonchev–Trinajstić information content (AvgIpc) is 3.70. The van der Waals surface area contributed by atoms with Gasteiger partial charge in [-0.2, -0.15) is 0 Å². The number of hydrogen-bond donors (Lipinski definition) is 1. The molecule has 2 aliphatic rings. The van der Waals surface area contributed by atoms with Gasteiger partial charge in [0.1, 0.15) is 11.2 Å². The highest BCUT2D eigenvalue weighted by Crippen LogP contribution is 2.59. The van der Waals surface area contributed by atoms with Crippen molar-refractivity contribution in [2.75, 3.05) is 0 Å². The van der Waals surface area contributed by atoms with Crippen molar-refractivity contribution in [1.82, 2.24) is 9.97 Å². The van der Waals surface area contributed by atoms with Crippen molar-refractivity contribution in [2.45, 2.75) is 47.4 Å². The van der Waals surface area contributed by atoms with Crippen molar-refractivity contribution in [1.29, 1.82) is 0 Å². The number of fused-ring (bicyclic) bond motifs is 1. The van der Waals surface area contributed by atoms with Gasteiger partial charge < -0.3 is 9.52 Å². The molecule has 4 aromatic rings. The summed E-state index contributed by atoms with van der Waals surface area (Å²) < 4.78 is 6.42. The number of hydrogen-bond acceptors (Lipinski definition) is 7. The number of benzene rings is 1. The van der Waals surface area contributed by atoms with E-state index < -0.39 is 5.60 Å². The molecule has 0 bridgehead atoms. The lowest BCUT2D eigenvalue weighted by Crippen LogP contribution is -2.30. The molecule has 7 heteroatoms. The van der Waals surface area contributed by atoms with Gasteiger partial charge in [-0.25, -0.2) is 9.78 Å². The molecule has 6 rings (SSSR count). The highest BCUT2D eigenvalue weighted by Gasteiger charge is 2.55. The monoisotopic (exact) mass is 462 g/mol. The van der Waals surface area contributed by atoms with Crippen molar-refractivity contribution in [3.8, 4) is 11.1 Å². The van der Waals surface area contributed by atoms with Crippen molar-refractivity contribution in [3.05, 3.63) is 69.8 Å². The minimum Gasteiger partial charge on any atom is -0.423 e. The number of aliphatic hydroxyl groups is 1. The molecule has 32 heavy (non-hydrogen) atoms. The Morgan fingerprint density at radius 2 is 1.94 bits per heavy atom. The van der Waals surface area contributed by atoms with E-state index in [4.69, 9.17) is 9.40 Å². The van der Waals surface area contributed by atoms with E-state index in [1.807, 2.05) is 37.3 Å². The highest BCUT2D eigenvalue weighted by atomic mass is 32.2. The lowest BCUT2D eigenvalue weighted by Gasteiger charge is -2.27. The molecule has 0 unspecified atom stereocenters. The van der Waals surface area contributed by atoms with Crippen LogP contribution in [0, 0.1) is 18.8 Å². The van der Waals surface area contributed by atoms with Crippen LogP contribution in [0.15, 0.2) is 67.2 Å². The molecule has 0 saturated heterocycles. The van der Waals surface area contributed by atoms with E-state index in [-0.39, 0.29) is 5.63 Å². The van der Waals surface area contributed by atoms with Gasteiger partial charge >= 0.3 is 5.63 Å². The summed E-state index contributed by atoms with van der Waals surface area (Å²) in [5.41, 5.74) is 2.09. The van der Waals surface area contributed by atoms with Gasteiger partial charge in [-0.05, 0) is 68.7 Å². The van der Waals surface area contributed by atoms with Crippen LogP contribution in [0.3, 0.4) is 0 Å². The van der Waals surface area contributed by atoms with Crippen molar-refractivity contribution in [2.24, 2.45) is 11.8 Å². The van der Waals surface area contributed by atoms with Crippen molar-refractivity contribution in [3.63, 3.8) is 0 Å². The van der Waals surface area contributed by atoms with Gasteiger partial charge in [-0.15, -0.1) is 11.3 Å². The summed E-state index contributed by atoms with van der Waals surface area (Å²) in [5, 5.41) is 12.4. The van der Waals surface area contributed by atoms with E-state index in [1.54, 1.807) is 35.5 Å². The smallest absolute Gasteiger partial charge is 0.336 e. The fourth-order valence-corrected chi connectivity index (χ4v) is 7.05.